The number of hydrogen-bond donors (Lipinski definition) is 0. The van der Waals surface area contributed by atoms with Crippen LogP contribution < -0.4 is 22.8 Å². The zero-order valence-electron chi connectivity index (χ0n) is 93.6. The minimum Gasteiger partial charge on any atom is -0.201 e. The maximum atomic E-state index is 2.45. The van der Waals surface area contributed by atoms with Gasteiger partial charge in [0, 0.05) is 92.1 Å². The van der Waals surface area contributed by atoms with Crippen LogP contribution in [0.5, 0.6) is 0 Å². The third kappa shape index (κ3) is 16.2. The highest BCUT2D eigenvalue weighted by Crippen LogP contribution is 2.63. The molecule has 0 radical (unpaired) electrons. The molecule has 25 rings (SSSR count). The Kier molecular flexibility index (Phi) is 24.9. The smallest absolute Gasteiger partial charge is 0.201 e. The van der Waals surface area contributed by atoms with Crippen molar-refractivity contribution in [3.63, 3.8) is 0 Å². The van der Waals surface area contributed by atoms with Crippen LogP contribution in [0.4, 0.5) is 0 Å². The van der Waals surface area contributed by atoms with Crippen LogP contribution in [0.25, 0.3) is 166 Å². The van der Waals surface area contributed by atoms with Crippen LogP contribution in [0.2, 0.25) is 0 Å². The topological polar surface area (TPSA) is 19.4 Å². The van der Waals surface area contributed by atoms with Crippen LogP contribution in [-0.4, -0.2) is 0 Å². The van der Waals surface area contributed by atoms with Gasteiger partial charge in [-0.15, -0.1) is 0 Å². The number of aromatic nitrogens is 5. The number of rotatable bonds is 5. The van der Waals surface area contributed by atoms with Gasteiger partial charge in [-0.05, 0) is 361 Å². The second-order valence-electron chi connectivity index (χ2n) is 48.2. The molecule has 5 nitrogen and oxygen atoms in total. The highest BCUT2D eigenvalue weighted by molar-refractivity contribution is 6.02. The Hall–Kier alpha value is -14.7. The fourth-order valence-electron chi connectivity index (χ4n) is 26.6. The summed E-state index contributed by atoms with van der Waals surface area (Å²) in [5.41, 5.74) is 52.5. The first-order valence-corrected chi connectivity index (χ1v) is 54.0. The Labute approximate surface area is 886 Å². The van der Waals surface area contributed by atoms with Crippen LogP contribution in [0.15, 0.2) is 346 Å². The lowest BCUT2D eigenvalue weighted by molar-refractivity contribution is -0.660. The minimum absolute atomic E-state index is 0.0154. The molecule has 5 aromatic heterocycles. The molecule has 0 saturated carbocycles. The fourth-order valence-corrected chi connectivity index (χ4v) is 26.6. The lowest BCUT2D eigenvalue weighted by Crippen LogP contribution is -2.45. The van der Waals surface area contributed by atoms with E-state index in [0.29, 0.717) is 0 Å². The number of aryl methyl sites for hydroxylation is 12. The first kappa shape index (κ1) is 100. The van der Waals surface area contributed by atoms with Crippen LogP contribution in [0.3, 0.4) is 0 Å². The Morgan fingerprint density at radius 2 is 0.510 bits per heavy atom. The van der Waals surface area contributed by atoms with Crippen molar-refractivity contribution >= 4 is 53.9 Å². The summed E-state index contributed by atoms with van der Waals surface area (Å²) in [6.07, 6.45) is 13.1. The standard InChI is InChI=1S/2C30H32N.2C29H30N.C26H24N/c1-19-12-17-25(31(7)18-19)26-20(2)13-15-24-23-16-14-21-10-8-9-11-22(21)27(23)29(3,4)30(5,6)28(24)26;1-19-12-13-28(31(7)18-19)23-17-25-24-15-21-10-8-9-11-22(21)16-27(24)30(5,6)29(3,4)26(25)14-20(23)2;1-19-21(25-13-9-10-18-30(25)6)16-17-24-26(19)23-15-14-20-11-7-8-12-22(20)27(23)29(4,5)28(24,2)3;1-19-22(26-13-9-10-16-30(26)6)14-15-24-27(19)23-17-20-11-7-8-12-21(20)18-25(23)29(4,5)28(24,2)3;1-17-8-15-25(27(3)16-17)26-18(2)9-11-23-22-12-10-19-6-4-5-7-20(19)21(22)13-14-24(23)26/h2*8-18H,1-7H3;2*7-18H,1-6H3;4-12,15-16H,13-14H2,1-3H3/q5*+1. The van der Waals surface area contributed by atoms with Crippen molar-refractivity contribution in [1.29, 1.82) is 0 Å². The van der Waals surface area contributed by atoms with Gasteiger partial charge in [-0.3, -0.25) is 0 Å². The van der Waals surface area contributed by atoms with Gasteiger partial charge < -0.3 is 0 Å². The summed E-state index contributed by atoms with van der Waals surface area (Å²) in [6, 6.07) is 117. The Morgan fingerprint density at radius 1 is 0.188 bits per heavy atom. The van der Waals surface area contributed by atoms with E-state index < -0.39 is 0 Å². The molecule has 15 aromatic carbocycles. The minimum atomic E-state index is -0.0430. The van der Waals surface area contributed by atoms with Crippen molar-refractivity contribution < 1.29 is 22.8 Å². The zero-order valence-corrected chi connectivity index (χ0v) is 93.6. The molecule has 20 aromatic rings. The summed E-state index contributed by atoms with van der Waals surface area (Å²) >= 11 is 0. The van der Waals surface area contributed by atoms with E-state index in [1.54, 1.807) is 0 Å². The molecular formula is C144H148N5+5. The molecule has 0 atom stereocenters. The molecule has 0 fully saturated rings. The van der Waals surface area contributed by atoms with E-state index >= 15 is 0 Å². The predicted molar refractivity (Wildman–Crippen MR) is 629 cm³/mol. The van der Waals surface area contributed by atoms with Gasteiger partial charge >= 0.3 is 0 Å². The molecule has 0 saturated heterocycles. The van der Waals surface area contributed by atoms with Gasteiger partial charge in [0.25, 0.3) is 0 Å². The van der Waals surface area contributed by atoms with Crippen LogP contribution in [-0.2, 0) is 91.4 Å². The monoisotopic (exact) mass is 1950 g/mol. The predicted octanol–water partition coefficient (Wildman–Crippen LogP) is 33.8. The van der Waals surface area contributed by atoms with Gasteiger partial charge in [0.1, 0.15) is 35.2 Å². The van der Waals surface area contributed by atoms with Crippen molar-refractivity contribution in [3.8, 4) is 112 Å². The largest absolute Gasteiger partial charge is 0.212 e. The first-order valence-electron chi connectivity index (χ1n) is 54.0. The quantitative estimate of drug-likeness (QED) is 0.153. The van der Waals surface area contributed by atoms with Crippen molar-refractivity contribution in [1.82, 2.24) is 0 Å². The highest BCUT2D eigenvalue weighted by atomic mass is 14.9. The molecule has 0 amide bonds. The highest BCUT2D eigenvalue weighted by Gasteiger charge is 2.53. The van der Waals surface area contributed by atoms with Gasteiger partial charge in [0.2, 0.25) is 28.5 Å². The summed E-state index contributed by atoms with van der Waals surface area (Å²) in [4.78, 5) is 0. The average molecular weight is 1950 g/mol. The number of pyridine rings is 5. The van der Waals surface area contributed by atoms with E-state index in [2.05, 4.69) is 571 Å². The molecule has 0 bridgehead atoms. The summed E-state index contributed by atoms with van der Waals surface area (Å²) in [5, 5.41) is 13.4. The first-order chi connectivity index (χ1) is 70.9. The lowest BCUT2D eigenvalue weighted by atomic mass is 9.53. The van der Waals surface area contributed by atoms with E-state index in [9.17, 15) is 0 Å². The van der Waals surface area contributed by atoms with Gasteiger partial charge in [-0.1, -0.05) is 311 Å². The normalized spacial score (nSPS) is 15.5. The van der Waals surface area contributed by atoms with E-state index in [1.165, 1.54) is 266 Å². The zero-order chi connectivity index (χ0) is 105. The Morgan fingerprint density at radius 3 is 1.01 bits per heavy atom. The molecule has 744 valence electrons. The summed E-state index contributed by atoms with van der Waals surface area (Å²) in [7, 11) is 10.7. The Bertz CT molecular complexity index is 8810. The van der Waals surface area contributed by atoms with Gasteiger partial charge in [0.15, 0.2) is 31.0 Å². The molecule has 149 heavy (non-hydrogen) atoms. The third-order valence-corrected chi connectivity index (χ3v) is 37.7. The molecule has 0 aliphatic heterocycles. The molecule has 5 aliphatic rings. The molecule has 0 unspecified atom stereocenters. The lowest BCUT2D eigenvalue weighted by Gasteiger charge is -2.49. The van der Waals surface area contributed by atoms with Crippen LogP contribution in [0.1, 0.15) is 211 Å². The van der Waals surface area contributed by atoms with E-state index in [4.69, 9.17) is 0 Å². The van der Waals surface area contributed by atoms with Crippen LogP contribution in [0, 0.1) is 55.4 Å². The molecule has 0 N–H and O–H groups in total. The van der Waals surface area contributed by atoms with Crippen LogP contribution >= 0.6 is 0 Å². The van der Waals surface area contributed by atoms with E-state index in [0.717, 1.165) is 12.8 Å². The van der Waals surface area contributed by atoms with Gasteiger partial charge in [0.05, 0.1) is 11.1 Å². The van der Waals surface area contributed by atoms with Gasteiger partial charge in [-0.25, -0.2) is 22.8 Å². The van der Waals surface area contributed by atoms with E-state index in [1.807, 2.05) is 0 Å². The summed E-state index contributed by atoms with van der Waals surface area (Å²) in [5.74, 6) is 0. The molecule has 0 spiro atoms. The SMILES string of the molecule is Cc1c(-c2cccc[n+]2C)ccc2c1-c1cc3ccccc3cc1C(C)(C)C2(C)C.Cc1c(-c2cccc[n+]2C)ccc2c1-c1ccc3ccccc3c1C(C)(C)C2(C)C.Cc1ccc(-c2c(C)ccc3c2C(C)(C)C(C)(C)c2c-3ccc3ccccc23)[n+](C)c1.Cc1ccc(-c2c(C)ccc3c2CCc2c-3ccc3ccccc23)[n+](C)c1.Cc1ccc(-c2cc3c(cc2C)C(C)(C)C(C)(C)c2cc4ccccc4cc2-3)[n+](C)c1. The van der Waals surface area contributed by atoms with Crippen molar-refractivity contribution in [3.05, 3.63) is 447 Å². The molecule has 5 heteroatoms. The third-order valence-electron chi connectivity index (χ3n) is 37.7. The number of fused-ring (bicyclic) bond motifs is 23. The second-order valence-corrected chi connectivity index (χ2v) is 48.2. The van der Waals surface area contributed by atoms with Crippen molar-refractivity contribution in [2.45, 2.75) is 222 Å². The number of hydrogen-bond acceptors (Lipinski definition) is 0. The van der Waals surface area contributed by atoms with E-state index in [-0.39, 0.29) is 43.3 Å². The second kappa shape index (κ2) is 37.0. The Balaban J connectivity index is 0.000000109. The summed E-state index contributed by atoms with van der Waals surface area (Å²) < 4.78 is 11.2. The fraction of sp³-hybridized carbons (Fsp3) is 0.271. The summed E-state index contributed by atoms with van der Waals surface area (Å²) in [6.45, 7) is 56.5. The van der Waals surface area contributed by atoms with Gasteiger partial charge in [-0.2, -0.15) is 0 Å². The molecule has 5 heterocycles. The average Bonchev–Trinajstić information content (AvgIpc) is 0.688. The maximum absolute atomic E-state index is 2.45. The number of nitrogens with zero attached hydrogens (tertiary/aromatic N) is 5. The molecular weight excluding hydrogens is 1800 g/mol. The number of benzene rings is 15. The molecule has 5 aliphatic carbocycles. The maximum Gasteiger partial charge on any atom is 0.212 e. The van der Waals surface area contributed by atoms with Crippen molar-refractivity contribution in [2.24, 2.45) is 35.2 Å². The van der Waals surface area contributed by atoms with Crippen molar-refractivity contribution in [2.75, 3.05) is 0 Å².